The van der Waals surface area contributed by atoms with Crippen LogP contribution in [-0.2, 0) is 27.3 Å². The van der Waals surface area contributed by atoms with E-state index >= 15 is 0 Å². The Morgan fingerprint density at radius 2 is 2.12 bits per heavy atom. The molecular formula is C23H25N3O4S2. The third-order valence-electron chi connectivity index (χ3n) is 5.39. The van der Waals surface area contributed by atoms with Crippen molar-refractivity contribution in [2.75, 3.05) is 20.2 Å². The van der Waals surface area contributed by atoms with Gasteiger partial charge in [-0.2, -0.15) is 0 Å². The van der Waals surface area contributed by atoms with Gasteiger partial charge in [-0.15, -0.1) is 11.3 Å². The van der Waals surface area contributed by atoms with Crippen LogP contribution in [0, 0.1) is 6.92 Å². The van der Waals surface area contributed by atoms with Crippen LogP contribution in [0.3, 0.4) is 0 Å². The topological polar surface area (TPSA) is 81.5 Å². The predicted molar refractivity (Wildman–Crippen MR) is 127 cm³/mol. The van der Waals surface area contributed by atoms with E-state index in [1.165, 1.54) is 22.8 Å². The van der Waals surface area contributed by atoms with Crippen LogP contribution in [0.15, 0.2) is 34.2 Å². The van der Waals surface area contributed by atoms with E-state index in [1.54, 1.807) is 6.92 Å². The molecule has 9 heteroatoms. The van der Waals surface area contributed by atoms with Crippen LogP contribution in [-0.4, -0.2) is 51.7 Å². The maximum Gasteiger partial charge on any atom is 0.327 e. The van der Waals surface area contributed by atoms with Gasteiger partial charge in [0.1, 0.15) is 4.83 Å². The monoisotopic (exact) mass is 471 g/mol. The first-order valence-corrected chi connectivity index (χ1v) is 12.2. The van der Waals surface area contributed by atoms with Crippen LogP contribution in [0.2, 0.25) is 0 Å². The summed E-state index contributed by atoms with van der Waals surface area (Å²) in [6.45, 7) is 6.83. The molecule has 1 aliphatic heterocycles. The van der Waals surface area contributed by atoms with E-state index in [0.717, 1.165) is 47.3 Å². The lowest BCUT2D eigenvalue weighted by Crippen LogP contribution is -2.30. The molecule has 0 amide bonds. The van der Waals surface area contributed by atoms with Crippen molar-refractivity contribution in [1.29, 1.82) is 0 Å². The minimum absolute atomic E-state index is 0.170. The zero-order valence-electron chi connectivity index (χ0n) is 18.5. The van der Waals surface area contributed by atoms with Crippen molar-refractivity contribution < 1.29 is 14.3 Å². The molecule has 0 radical (unpaired) electrons. The molecule has 1 atom stereocenters. The molecule has 168 valence electrons. The highest BCUT2D eigenvalue weighted by molar-refractivity contribution is 8.01. The minimum atomic E-state index is -1.09. The number of thiophene rings is 1. The molecule has 2 aromatic heterocycles. The Morgan fingerprint density at radius 1 is 1.34 bits per heavy atom. The first-order valence-electron chi connectivity index (χ1n) is 10.5. The number of rotatable bonds is 6. The number of carbonyl (C=O) groups excluding carboxylic acids is 2. The fourth-order valence-electron chi connectivity index (χ4n) is 3.85. The fraction of sp³-hybridized carbons (Fsp3) is 0.391. The minimum Gasteiger partial charge on any atom is -0.465 e. The summed E-state index contributed by atoms with van der Waals surface area (Å²) in [4.78, 5) is 47.4. The molecule has 0 bridgehead atoms. The second-order valence-electron chi connectivity index (χ2n) is 7.91. The zero-order valence-corrected chi connectivity index (χ0v) is 20.1. The molecule has 0 N–H and O–H groups in total. The van der Waals surface area contributed by atoms with Crippen molar-refractivity contribution in [3.05, 3.63) is 50.6 Å². The highest BCUT2D eigenvalue weighted by Gasteiger charge is 2.30. The van der Waals surface area contributed by atoms with Gasteiger partial charge in [-0.1, -0.05) is 23.9 Å². The summed E-state index contributed by atoms with van der Waals surface area (Å²) in [5.41, 5.74) is 2.54. The summed E-state index contributed by atoms with van der Waals surface area (Å²) in [6.07, 6.45) is 0.794. The van der Waals surface area contributed by atoms with Crippen molar-refractivity contribution in [3.8, 4) is 5.69 Å². The van der Waals surface area contributed by atoms with Gasteiger partial charge in [0.05, 0.1) is 17.7 Å². The molecule has 3 heterocycles. The molecule has 3 aromatic rings. The summed E-state index contributed by atoms with van der Waals surface area (Å²) in [6, 6.07) is 7.57. The molecule has 0 spiro atoms. The van der Waals surface area contributed by atoms with E-state index in [1.807, 2.05) is 31.2 Å². The van der Waals surface area contributed by atoms with E-state index < -0.39 is 11.2 Å². The first-order chi connectivity index (χ1) is 15.3. The van der Waals surface area contributed by atoms with E-state index in [2.05, 4.69) is 11.9 Å². The van der Waals surface area contributed by atoms with Crippen molar-refractivity contribution in [1.82, 2.24) is 14.5 Å². The van der Waals surface area contributed by atoms with Gasteiger partial charge in [0.2, 0.25) is 0 Å². The Kier molecular flexibility index (Phi) is 6.50. The smallest absolute Gasteiger partial charge is 0.327 e. The second-order valence-corrected chi connectivity index (χ2v) is 10.1. The number of fused-ring (bicyclic) bond motifs is 3. The molecule has 0 fully saturated rings. The second kappa shape index (κ2) is 9.17. The quantitative estimate of drug-likeness (QED) is 0.236. The van der Waals surface area contributed by atoms with E-state index in [4.69, 9.17) is 9.72 Å². The number of nitrogens with zero attached hydrogens (tertiary/aromatic N) is 3. The molecule has 0 saturated heterocycles. The van der Waals surface area contributed by atoms with Crippen LogP contribution >= 0.6 is 23.1 Å². The molecule has 32 heavy (non-hydrogen) atoms. The fourth-order valence-corrected chi connectivity index (χ4v) is 6.17. The number of Topliss-reactive ketones (excluding diaryl/α,β-unsaturated/α-hetero) is 1. The van der Waals surface area contributed by atoms with E-state index in [0.29, 0.717) is 21.1 Å². The molecular weight excluding hydrogens is 446 g/mol. The Balaban J connectivity index is 1.94. The normalized spacial score (nSPS) is 14.9. The van der Waals surface area contributed by atoms with Crippen LogP contribution in [0.4, 0.5) is 0 Å². The predicted octanol–water partition coefficient (Wildman–Crippen LogP) is 3.36. The number of aromatic nitrogens is 2. The number of benzene rings is 1. The maximum atomic E-state index is 13.8. The van der Waals surface area contributed by atoms with Gasteiger partial charge < -0.3 is 9.64 Å². The Hall–Kier alpha value is -2.49. The van der Waals surface area contributed by atoms with E-state index in [-0.39, 0.29) is 17.9 Å². The summed E-state index contributed by atoms with van der Waals surface area (Å²) in [5.74, 6) is -0.965. The zero-order chi connectivity index (χ0) is 23.0. The van der Waals surface area contributed by atoms with Crippen LogP contribution in [0.1, 0.15) is 29.9 Å². The lowest BCUT2D eigenvalue weighted by molar-refractivity contribution is -0.144. The molecule has 4 rings (SSSR count). The van der Waals surface area contributed by atoms with Crippen molar-refractivity contribution >= 4 is 45.1 Å². The number of ketones is 1. The largest absolute Gasteiger partial charge is 0.465 e. The molecule has 1 aliphatic rings. The average molecular weight is 472 g/mol. The number of carbonyl (C=O) groups is 2. The lowest BCUT2D eigenvalue weighted by atomic mass is 10.1. The number of likely N-dealkylation sites (N-methyl/N-ethyl adjacent to an activating group) is 1. The van der Waals surface area contributed by atoms with Crippen LogP contribution in [0.25, 0.3) is 15.9 Å². The molecule has 0 saturated carbocycles. The van der Waals surface area contributed by atoms with Gasteiger partial charge in [-0.05, 0) is 57.5 Å². The standard InChI is InChI=1S/C23H25N3O4S2/c1-5-30-22(29)19(14(3)27)32-23-24-20-18(16-9-10-25(4)12-17(16)31-20)21(28)26(23)15-8-6-7-13(2)11-15/h6-8,11,19H,5,9-10,12H2,1-4H3. The van der Waals surface area contributed by atoms with Crippen LogP contribution in [0.5, 0.6) is 0 Å². The summed E-state index contributed by atoms with van der Waals surface area (Å²) >= 11 is 2.48. The van der Waals surface area contributed by atoms with Gasteiger partial charge in [0, 0.05) is 18.0 Å². The molecule has 1 aromatic carbocycles. The van der Waals surface area contributed by atoms with Crippen molar-refractivity contribution in [2.24, 2.45) is 0 Å². The Bertz CT molecular complexity index is 1260. The average Bonchev–Trinajstić information content (AvgIpc) is 3.09. The Labute approximate surface area is 194 Å². The van der Waals surface area contributed by atoms with Gasteiger partial charge >= 0.3 is 5.97 Å². The number of aryl methyl sites for hydroxylation is 1. The van der Waals surface area contributed by atoms with Gasteiger partial charge in [0.25, 0.3) is 5.56 Å². The highest BCUT2D eigenvalue weighted by atomic mass is 32.2. The third kappa shape index (κ3) is 4.24. The van der Waals surface area contributed by atoms with Gasteiger partial charge in [-0.25, -0.2) is 4.98 Å². The van der Waals surface area contributed by atoms with Gasteiger partial charge in [-0.3, -0.25) is 19.0 Å². The van der Waals surface area contributed by atoms with E-state index in [9.17, 15) is 14.4 Å². The highest BCUT2D eigenvalue weighted by Crippen LogP contribution is 2.35. The maximum absolute atomic E-state index is 13.8. The number of hydrogen-bond donors (Lipinski definition) is 0. The summed E-state index contributed by atoms with van der Waals surface area (Å²) in [7, 11) is 2.06. The number of esters is 1. The van der Waals surface area contributed by atoms with Crippen molar-refractivity contribution in [2.45, 2.75) is 44.1 Å². The number of thioether (sulfide) groups is 1. The Morgan fingerprint density at radius 3 is 2.81 bits per heavy atom. The lowest BCUT2D eigenvalue weighted by Gasteiger charge is -2.22. The number of hydrogen-bond acceptors (Lipinski definition) is 8. The molecule has 0 aliphatic carbocycles. The third-order valence-corrected chi connectivity index (χ3v) is 7.74. The SMILES string of the molecule is CCOC(=O)C(Sc1nc2sc3c(c2c(=O)n1-c1cccc(C)c1)CCN(C)C3)C(C)=O. The van der Waals surface area contributed by atoms with Crippen LogP contribution < -0.4 is 5.56 Å². The molecule has 1 unspecified atom stereocenters. The van der Waals surface area contributed by atoms with Gasteiger partial charge in [0.15, 0.2) is 16.2 Å². The first kappa shape index (κ1) is 22.7. The number of ether oxygens (including phenoxy) is 1. The van der Waals surface area contributed by atoms with Crippen molar-refractivity contribution in [3.63, 3.8) is 0 Å². The summed E-state index contributed by atoms with van der Waals surface area (Å²) < 4.78 is 6.63. The summed E-state index contributed by atoms with van der Waals surface area (Å²) in [5, 5.41) is -0.135. The molecule has 7 nitrogen and oxygen atoms in total.